The van der Waals surface area contributed by atoms with E-state index in [1.807, 2.05) is 13.8 Å². The number of halogens is 2. The molecule has 0 saturated carbocycles. The second-order valence-electron chi connectivity index (χ2n) is 3.50. The quantitative estimate of drug-likeness (QED) is 0.610. The van der Waals surface area contributed by atoms with E-state index in [0.29, 0.717) is 10.6 Å². The smallest absolute Gasteiger partial charge is 0.337 e. The van der Waals surface area contributed by atoms with Crippen LogP contribution in [0.5, 0.6) is 0 Å². The largest absolute Gasteiger partial charge is 0.465 e. The van der Waals surface area contributed by atoms with E-state index in [4.69, 9.17) is 16.7 Å². The Kier molecular flexibility index (Phi) is 8.75. The lowest BCUT2D eigenvalue weighted by molar-refractivity contribution is 0.0600. The highest BCUT2D eigenvalue weighted by Crippen LogP contribution is 2.19. The summed E-state index contributed by atoms with van der Waals surface area (Å²) in [5.41, 5.74) is 0.520. The zero-order valence-electron chi connectivity index (χ0n) is 10.3. The van der Waals surface area contributed by atoms with Crippen molar-refractivity contribution in [1.29, 1.82) is 0 Å². The Bertz CT molecular complexity index is 440. The Morgan fingerprint density at radius 3 is 2.33 bits per heavy atom. The molecule has 0 radical (unpaired) electrons. The molecule has 0 aliphatic rings. The second kappa shape index (κ2) is 8.84. The minimum Gasteiger partial charge on any atom is -0.465 e. The first-order valence-corrected chi connectivity index (χ1v) is 7.71. The van der Waals surface area contributed by atoms with Crippen molar-refractivity contribution >= 4 is 51.1 Å². The van der Waals surface area contributed by atoms with E-state index in [-0.39, 0.29) is 11.2 Å². The number of carbonyl (C=O) groups excluding carboxylic acids is 1. The van der Waals surface area contributed by atoms with Crippen molar-refractivity contribution < 1.29 is 13.7 Å². The van der Waals surface area contributed by atoms with Crippen LogP contribution >= 0.6 is 34.2 Å². The standard InChI is InChI=1S/C8H6ClIO2.C3H9NOS/c1-12-8(11)5-2-3-6(9)7(10)4-5;1-3(2)6(4)5/h2-4H,1H3;3H,4H2,1-2H3. The molecule has 102 valence electrons. The number of benzene rings is 1. The molecule has 0 aliphatic carbocycles. The third-order valence-electron chi connectivity index (χ3n) is 1.81. The van der Waals surface area contributed by atoms with Gasteiger partial charge in [-0.1, -0.05) is 11.6 Å². The number of rotatable bonds is 2. The number of methoxy groups -OCH3 is 1. The number of ether oxygens (including phenoxy) is 1. The maximum Gasteiger partial charge on any atom is 0.337 e. The molecule has 1 rings (SSSR count). The highest BCUT2D eigenvalue weighted by molar-refractivity contribution is 14.1. The molecular formula is C11H15ClINO3S. The van der Waals surface area contributed by atoms with E-state index < -0.39 is 11.0 Å². The average Bonchev–Trinajstić information content (AvgIpc) is 2.32. The zero-order chi connectivity index (χ0) is 14.3. The van der Waals surface area contributed by atoms with Crippen molar-refractivity contribution in [2.75, 3.05) is 7.11 Å². The number of hydrogen-bond donors (Lipinski definition) is 1. The number of carbonyl (C=O) groups is 1. The van der Waals surface area contributed by atoms with Crippen molar-refractivity contribution in [2.24, 2.45) is 5.14 Å². The molecule has 2 N–H and O–H groups in total. The van der Waals surface area contributed by atoms with Gasteiger partial charge < -0.3 is 4.74 Å². The molecule has 0 heterocycles. The fourth-order valence-electron chi connectivity index (χ4n) is 0.741. The Balaban J connectivity index is 0.000000411. The van der Waals surface area contributed by atoms with Crippen LogP contribution in [0.25, 0.3) is 0 Å². The summed E-state index contributed by atoms with van der Waals surface area (Å²) in [6.45, 7) is 3.63. The molecule has 0 saturated heterocycles. The summed E-state index contributed by atoms with van der Waals surface area (Å²) < 4.78 is 15.4. The van der Waals surface area contributed by atoms with Crippen LogP contribution in [-0.4, -0.2) is 22.5 Å². The molecule has 0 aliphatic heterocycles. The van der Waals surface area contributed by atoms with Crippen LogP contribution < -0.4 is 5.14 Å². The van der Waals surface area contributed by atoms with Gasteiger partial charge in [0.25, 0.3) is 0 Å². The summed E-state index contributed by atoms with van der Waals surface area (Å²) in [4.78, 5) is 11.0. The minimum atomic E-state index is -1.12. The molecule has 0 aromatic heterocycles. The van der Waals surface area contributed by atoms with Crippen molar-refractivity contribution in [1.82, 2.24) is 0 Å². The lowest BCUT2D eigenvalue weighted by atomic mass is 10.2. The van der Waals surface area contributed by atoms with Gasteiger partial charge in [0.15, 0.2) is 0 Å². The van der Waals surface area contributed by atoms with Crippen LogP contribution in [0.15, 0.2) is 18.2 Å². The summed E-state index contributed by atoms with van der Waals surface area (Å²) >= 11 is 7.83. The topological polar surface area (TPSA) is 69.4 Å². The van der Waals surface area contributed by atoms with Crippen molar-refractivity contribution in [3.05, 3.63) is 32.4 Å². The maximum atomic E-state index is 11.0. The van der Waals surface area contributed by atoms with Gasteiger partial charge in [-0.05, 0) is 54.6 Å². The number of nitrogens with two attached hydrogens (primary N) is 1. The molecule has 0 fully saturated rings. The summed E-state index contributed by atoms with van der Waals surface area (Å²) in [6.07, 6.45) is 0. The van der Waals surface area contributed by atoms with E-state index in [0.717, 1.165) is 3.57 Å². The van der Waals surface area contributed by atoms with Crippen LogP contribution in [0.1, 0.15) is 24.2 Å². The Morgan fingerprint density at radius 1 is 1.50 bits per heavy atom. The van der Waals surface area contributed by atoms with Crippen LogP contribution in [0.4, 0.5) is 0 Å². The first kappa shape index (κ1) is 17.8. The third kappa shape index (κ3) is 6.67. The predicted molar refractivity (Wildman–Crippen MR) is 83.0 cm³/mol. The zero-order valence-corrected chi connectivity index (χ0v) is 14.0. The highest BCUT2D eigenvalue weighted by Gasteiger charge is 2.06. The average molecular weight is 404 g/mol. The summed E-state index contributed by atoms with van der Waals surface area (Å²) in [6, 6.07) is 5.00. The second-order valence-corrected chi connectivity index (χ2v) is 6.67. The van der Waals surface area contributed by atoms with Gasteiger partial charge in [-0.15, -0.1) is 0 Å². The van der Waals surface area contributed by atoms with Crippen molar-refractivity contribution in [3.8, 4) is 0 Å². The van der Waals surface area contributed by atoms with E-state index in [2.05, 4.69) is 27.3 Å². The Labute approximate surface area is 128 Å². The summed E-state index contributed by atoms with van der Waals surface area (Å²) in [5, 5.41) is 5.65. The Morgan fingerprint density at radius 2 is 2.00 bits per heavy atom. The van der Waals surface area contributed by atoms with Gasteiger partial charge in [0.05, 0.1) is 28.7 Å². The van der Waals surface area contributed by atoms with Gasteiger partial charge in [-0.3, -0.25) is 5.14 Å². The molecule has 0 amide bonds. The van der Waals surface area contributed by atoms with E-state index in [1.54, 1.807) is 18.2 Å². The van der Waals surface area contributed by atoms with Crippen molar-refractivity contribution in [2.45, 2.75) is 19.1 Å². The molecule has 1 aromatic carbocycles. The first-order valence-electron chi connectivity index (χ1n) is 4.98. The lowest BCUT2D eigenvalue weighted by Crippen LogP contribution is -2.13. The Hall–Kier alpha value is -0.180. The molecule has 1 aromatic rings. The first-order chi connectivity index (χ1) is 8.29. The van der Waals surface area contributed by atoms with Gasteiger partial charge in [-0.25, -0.2) is 9.00 Å². The summed E-state index contributed by atoms with van der Waals surface area (Å²) in [5.74, 6) is -0.343. The van der Waals surface area contributed by atoms with E-state index >= 15 is 0 Å². The van der Waals surface area contributed by atoms with Gasteiger partial charge in [0, 0.05) is 8.82 Å². The molecule has 1 unspecified atom stereocenters. The molecule has 0 spiro atoms. The van der Waals surface area contributed by atoms with Crippen molar-refractivity contribution in [3.63, 3.8) is 0 Å². The van der Waals surface area contributed by atoms with E-state index in [9.17, 15) is 9.00 Å². The summed E-state index contributed by atoms with van der Waals surface area (Å²) in [7, 11) is 0.234. The van der Waals surface area contributed by atoms with Gasteiger partial charge in [-0.2, -0.15) is 0 Å². The number of hydrogen-bond acceptors (Lipinski definition) is 3. The molecule has 7 heteroatoms. The molecular weight excluding hydrogens is 389 g/mol. The van der Waals surface area contributed by atoms with Gasteiger partial charge in [0.1, 0.15) is 0 Å². The van der Waals surface area contributed by atoms with Gasteiger partial charge >= 0.3 is 5.97 Å². The maximum absolute atomic E-state index is 11.0. The van der Waals surface area contributed by atoms with Crippen LogP contribution in [0, 0.1) is 3.57 Å². The van der Waals surface area contributed by atoms with Crippen LogP contribution in [0.3, 0.4) is 0 Å². The predicted octanol–water partition coefficient (Wildman–Crippen LogP) is 2.75. The third-order valence-corrected chi connectivity index (χ3v) is 4.28. The molecule has 1 atom stereocenters. The highest BCUT2D eigenvalue weighted by atomic mass is 127. The fraction of sp³-hybridized carbons (Fsp3) is 0.364. The van der Waals surface area contributed by atoms with E-state index in [1.165, 1.54) is 7.11 Å². The van der Waals surface area contributed by atoms with Crippen LogP contribution in [-0.2, 0) is 15.7 Å². The minimum absolute atomic E-state index is 0.102. The SMILES string of the molecule is CC(C)S(N)=O.COC(=O)c1ccc(Cl)c(I)c1. The number of esters is 1. The fourth-order valence-corrected chi connectivity index (χ4v) is 1.37. The molecule has 4 nitrogen and oxygen atoms in total. The van der Waals surface area contributed by atoms with Crippen LogP contribution in [0.2, 0.25) is 5.02 Å². The lowest BCUT2D eigenvalue weighted by Gasteiger charge is -2.00. The van der Waals surface area contributed by atoms with Gasteiger partial charge in [0.2, 0.25) is 0 Å². The monoisotopic (exact) mass is 403 g/mol. The molecule has 18 heavy (non-hydrogen) atoms. The normalized spacial score (nSPS) is 11.5. The molecule has 0 bridgehead atoms.